The summed E-state index contributed by atoms with van der Waals surface area (Å²) in [7, 11) is 0. The number of carbonyl (C=O) groups excluding carboxylic acids is 2. The largest absolute Gasteiger partial charge is 0.368 e. The van der Waals surface area contributed by atoms with Gasteiger partial charge in [-0.2, -0.15) is 0 Å². The van der Waals surface area contributed by atoms with Crippen LogP contribution in [0.1, 0.15) is 32.5 Å². The molecule has 7 nitrogen and oxygen atoms in total. The lowest BCUT2D eigenvalue weighted by molar-refractivity contribution is 0.102. The predicted octanol–water partition coefficient (Wildman–Crippen LogP) is 4.15. The molecule has 1 aliphatic rings. The quantitative estimate of drug-likeness (QED) is 0.507. The first-order valence-corrected chi connectivity index (χ1v) is 10.9. The topological polar surface area (TPSA) is 95.5 Å². The van der Waals surface area contributed by atoms with Gasteiger partial charge < -0.3 is 16.0 Å². The number of nitrogens with zero attached hydrogens (tertiary/aromatic N) is 2. The average Bonchev–Trinajstić information content (AvgIpc) is 3.39. The zero-order chi connectivity index (χ0) is 21.1. The van der Waals surface area contributed by atoms with Gasteiger partial charge in [0.2, 0.25) is 0 Å². The maximum Gasteiger partial charge on any atom is 0.269 e. The van der Waals surface area contributed by atoms with Gasteiger partial charge in [0.05, 0.1) is 11.7 Å². The van der Waals surface area contributed by atoms with E-state index in [1.165, 1.54) is 11.3 Å². The van der Waals surface area contributed by atoms with Crippen LogP contribution in [-0.2, 0) is 0 Å². The summed E-state index contributed by atoms with van der Waals surface area (Å²) in [5.74, 6) is 0.658. The Kier molecular flexibility index (Phi) is 5.91. The smallest absolute Gasteiger partial charge is 0.269 e. The molecule has 3 aromatic rings. The Morgan fingerprint density at radius 1 is 1.10 bits per heavy atom. The molecule has 0 saturated carbocycles. The molecule has 1 atom stereocenters. The lowest BCUT2D eigenvalue weighted by Crippen LogP contribution is -2.21. The molecule has 2 amide bonds. The van der Waals surface area contributed by atoms with E-state index in [0.29, 0.717) is 21.9 Å². The number of amidine groups is 1. The summed E-state index contributed by atoms with van der Waals surface area (Å²) in [4.78, 5) is 34.3. The van der Waals surface area contributed by atoms with Crippen molar-refractivity contribution in [3.05, 3.63) is 74.5 Å². The Bertz CT molecular complexity index is 1110. The maximum absolute atomic E-state index is 12.7. The van der Waals surface area contributed by atoms with Crippen LogP contribution >= 0.6 is 27.3 Å². The highest BCUT2D eigenvalue weighted by Crippen LogP contribution is 2.24. The van der Waals surface area contributed by atoms with Gasteiger partial charge in [0, 0.05) is 28.3 Å². The van der Waals surface area contributed by atoms with Gasteiger partial charge in [-0.05, 0) is 58.6 Å². The van der Waals surface area contributed by atoms with E-state index in [2.05, 4.69) is 41.9 Å². The number of anilines is 2. The van der Waals surface area contributed by atoms with Crippen molar-refractivity contribution in [1.29, 1.82) is 0 Å². The zero-order valence-electron chi connectivity index (χ0n) is 16.0. The lowest BCUT2D eigenvalue weighted by atomic mass is 10.1. The second-order valence-electron chi connectivity index (χ2n) is 6.72. The van der Waals surface area contributed by atoms with Crippen molar-refractivity contribution in [2.45, 2.75) is 13.0 Å². The fourth-order valence-corrected chi connectivity index (χ4v) is 3.89. The summed E-state index contributed by atoms with van der Waals surface area (Å²) in [5, 5.41) is 10.6. The van der Waals surface area contributed by atoms with Gasteiger partial charge in [0.25, 0.3) is 11.8 Å². The van der Waals surface area contributed by atoms with Crippen LogP contribution in [0, 0.1) is 0 Å². The molecule has 0 radical (unpaired) electrons. The summed E-state index contributed by atoms with van der Waals surface area (Å²) in [6, 6.07) is 12.7. The van der Waals surface area contributed by atoms with E-state index in [0.717, 1.165) is 22.4 Å². The van der Waals surface area contributed by atoms with E-state index in [1.807, 2.05) is 19.1 Å². The summed E-state index contributed by atoms with van der Waals surface area (Å²) in [5.41, 5.74) is 1.89. The minimum absolute atomic E-state index is 0.249. The van der Waals surface area contributed by atoms with Crippen molar-refractivity contribution in [3.8, 4) is 0 Å². The second-order valence-corrected chi connectivity index (χ2v) is 8.55. The first-order chi connectivity index (χ1) is 14.5. The molecule has 2 aromatic heterocycles. The molecule has 0 aliphatic carbocycles. The second kappa shape index (κ2) is 8.76. The van der Waals surface area contributed by atoms with Gasteiger partial charge in [0.15, 0.2) is 0 Å². The van der Waals surface area contributed by atoms with Crippen LogP contribution in [0.2, 0.25) is 0 Å². The molecule has 1 aromatic carbocycles. The third-order valence-electron chi connectivity index (χ3n) is 4.42. The summed E-state index contributed by atoms with van der Waals surface area (Å²) in [6.45, 7) is 2.86. The molecule has 9 heteroatoms. The number of pyridine rings is 1. The SMILES string of the molecule is CC1CNC(c2ccc(C(=O)Nc3ccsc3C(=O)Nc3ccc(Br)cn3)cc2)=N1. The van der Waals surface area contributed by atoms with E-state index in [9.17, 15) is 9.59 Å². The Morgan fingerprint density at radius 3 is 2.57 bits per heavy atom. The number of aromatic nitrogens is 1. The number of nitrogens with one attached hydrogen (secondary N) is 3. The number of amides is 2. The Balaban J connectivity index is 1.44. The fraction of sp³-hybridized carbons (Fsp3) is 0.143. The van der Waals surface area contributed by atoms with Gasteiger partial charge in [-0.15, -0.1) is 11.3 Å². The summed E-state index contributed by atoms with van der Waals surface area (Å²) >= 11 is 4.56. The molecule has 3 heterocycles. The van der Waals surface area contributed by atoms with E-state index < -0.39 is 0 Å². The van der Waals surface area contributed by atoms with Crippen LogP contribution in [0.25, 0.3) is 0 Å². The first kappa shape index (κ1) is 20.2. The van der Waals surface area contributed by atoms with Crippen LogP contribution in [-0.4, -0.2) is 35.2 Å². The minimum Gasteiger partial charge on any atom is -0.368 e. The Morgan fingerprint density at radius 2 is 1.90 bits per heavy atom. The monoisotopic (exact) mass is 483 g/mol. The molecule has 30 heavy (non-hydrogen) atoms. The molecule has 0 saturated heterocycles. The molecule has 0 spiro atoms. The number of aliphatic imine (C=N–C) groups is 1. The minimum atomic E-state index is -0.329. The predicted molar refractivity (Wildman–Crippen MR) is 123 cm³/mol. The highest BCUT2D eigenvalue weighted by Gasteiger charge is 2.18. The Labute approximate surface area is 185 Å². The molecule has 0 bridgehead atoms. The summed E-state index contributed by atoms with van der Waals surface area (Å²) in [6.07, 6.45) is 1.60. The van der Waals surface area contributed by atoms with Crippen molar-refractivity contribution in [2.75, 3.05) is 17.2 Å². The third kappa shape index (κ3) is 4.58. The van der Waals surface area contributed by atoms with Gasteiger partial charge in [-0.3, -0.25) is 14.6 Å². The standard InChI is InChI=1S/C21H18BrN5O2S/c1-12-10-24-19(25-12)13-2-4-14(5-3-13)20(28)26-16-8-9-30-18(16)21(29)27-17-7-6-15(22)11-23-17/h2-9,11-12H,10H2,1H3,(H,24,25)(H,26,28)(H,23,27,29). The molecule has 1 aliphatic heterocycles. The van der Waals surface area contributed by atoms with Crippen LogP contribution in [0.4, 0.5) is 11.5 Å². The van der Waals surface area contributed by atoms with E-state index in [-0.39, 0.29) is 17.9 Å². The number of carbonyl (C=O) groups is 2. The molecule has 152 valence electrons. The number of hydrogen-bond acceptors (Lipinski definition) is 6. The first-order valence-electron chi connectivity index (χ1n) is 9.23. The lowest BCUT2D eigenvalue weighted by Gasteiger charge is -2.08. The Hall–Kier alpha value is -3.04. The summed E-state index contributed by atoms with van der Waals surface area (Å²) < 4.78 is 0.820. The number of rotatable bonds is 5. The van der Waals surface area contributed by atoms with Gasteiger partial charge >= 0.3 is 0 Å². The number of hydrogen-bond donors (Lipinski definition) is 3. The molecular weight excluding hydrogens is 466 g/mol. The fourth-order valence-electron chi connectivity index (χ4n) is 2.91. The van der Waals surface area contributed by atoms with E-state index in [4.69, 9.17) is 0 Å². The molecule has 4 rings (SSSR count). The average molecular weight is 484 g/mol. The number of benzene rings is 1. The normalized spacial score (nSPS) is 15.3. The van der Waals surface area contributed by atoms with Gasteiger partial charge in [-0.1, -0.05) is 12.1 Å². The molecule has 1 unspecified atom stereocenters. The van der Waals surface area contributed by atoms with Crippen molar-refractivity contribution in [1.82, 2.24) is 10.3 Å². The zero-order valence-corrected chi connectivity index (χ0v) is 18.4. The van der Waals surface area contributed by atoms with Crippen LogP contribution in [0.5, 0.6) is 0 Å². The highest BCUT2D eigenvalue weighted by atomic mass is 79.9. The van der Waals surface area contributed by atoms with Gasteiger partial charge in [0.1, 0.15) is 16.5 Å². The molecular formula is C21H18BrN5O2S. The maximum atomic E-state index is 12.7. The van der Waals surface area contributed by atoms with Crippen molar-refractivity contribution in [3.63, 3.8) is 0 Å². The third-order valence-corrected chi connectivity index (χ3v) is 5.81. The van der Waals surface area contributed by atoms with Crippen LogP contribution in [0.3, 0.4) is 0 Å². The van der Waals surface area contributed by atoms with E-state index in [1.54, 1.807) is 41.9 Å². The van der Waals surface area contributed by atoms with Gasteiger partial charge in [-0.25, -0.2) is 4.98 Å². The van der Waals surface area contributed by atoms with E-state index >= 15 is 0 Å². The van der Waals surface area contributed by atoms with Crippen molar-refractivity contribution in [2.24, 2.45) is 4.99 Å². The highest BCUT2D eigenvalue weighted by molar-refractivity contribution is 9.10. The van der Waals surface area contributed by atoms with Crippen molar-refractivity contribution < 1.29 is 9.59 Å². The van der Waals surface area contributed by atoms with Crippen LogP contribution in [0.15, 0.2) is 63.5 Å². The number of thiophene rings is 1. The van der Waals surface area contributed by atoms with Crippen LogP contribution < -0.4 is 16.0 Å². The van der Waals surface area contributed by atoms with Crippen molar-refractivity contribution >= 4 is 56.4 Å². The molecule has 0 fully saturated rings. The number of halogens is 1. The molecule has 3 N–H and O–H groups in total.